The van der Waals surface area contributed by atoms with E-state index in [1.807, 2.05) is 36.1 Å². The molecule has 3 aromatic rings. The number of H-pyrrole nitrogens is 1. The van der Waals surface area contributed by atoms with Crippen LogP contribution in [-0.2, 0) is 6.54 Å². The fraction of sp³-hybridized carbons (Fsp3) is 0.154. The fourth-order valence-corrected chi connectivity index (χ4v) is 2.01. The molecule has 5 heteroatoms. The number of fused-ring (bicyclic) bond motifs is 1. The van der Waals surface area contributed by atoms with Gasteiger partial charge in [0.2, 0.25) is 12.1 Å². The lowest BCUT2D eigenvalue weighted by atomic mass is 10.2. The van der Waals surface area contributed by atoms with Gasteiger partial charge in [0.15, 0.2) is 11.8 Å². The molecule has 0 radical (unpaired) electrons. The van der Waals surface area contributed by atoms with Gasteiger partial charge >= 0.3 is 0 Å². The summed E-state index contributed by atoms with van der Waals surface area (Å²) in [7, 11) is 1.85. The van der Waals surface area contributed by atoms with Crippen molar-refractivity contribution in [1.82, 2.24) is 15.0 Å². The Morgan fingerprint density at radius 1 is 1.22 bits per heavy atom. The van der Waals surface area contributed by atoms with Crippen molar-refractivity contribution >= 4 is 17.0 Å². The molecule has 18 heavy (non-hydrogen) atoms. The summed E-state index contributed by atoms with van der Waals surface area (Å²) in [6, 6.07) is 10.3. The standard InChI is InChI=1S/C13H13N5/c1-14-12-11-13(16-8-15-11)18(9-17-12)7-10-5-3-2-4-6-10/h2-6,8-9H,7H2,1H3,(H,14,15,16)/p+1. The molecule has 0 amide bonds. The van der Waals surface area contributed by atoms with Crippen LogP contribution in [0.3, 0.4) is 0 Å². The van der Waals surface area contributed by atoms with Gasteiger partial charge < -0.3 is 10.3 Å². The number of aromatic nitrogens is 4. The molecule has 0 bridgehead atoms. The zero-order valence-electron chi connectivity index (χ0n) is 10.1. The number of anilines is 1. The van der Waals surface area contributed by atoms with E-state index >= 15 is 0 Å². The van der Waals surface area contributed by atoms with Crippen LogP contribution in [-0.4, -0.2) is 22.0 Å². The smallest absolute Gasteiger partial charge is 0.293 e. The van der Waals surface area contributed by atoms with Crippen molar-refractivity contribution in [1.29, 1.82) is 0 Å². The van der Waals surface area contributed by atoms with Gasteiger partial charge in [0.05, 0.1) is 6.54 Å². The maximum Gasteiger partial charge on any atom is 0.293 e. The second kappa shape index (κ2) is 4.44. The van der Waals surface area contributed by atoms with Crippen molar-refractivity contribution < 1.29 is 4.57 Å². The van der Waals surface area contributed by atoms with Crippen LogP contribution in [0.25, 0.3) is 11.2 Å². The lowest BCUT2D eigenvalue weighted by Crippen LogP contribution is -2.36. The Labute approximate surface area is 105 Å². The molecular weight excluding hydrogens is 226 g/mol. The average molecular weight is 240 g/mol. The van der Waals surface area contributed by atoms with E-state index in [0.29, 0.717) is 0 Å². The number of rotatable bonds is 3. The third-order valence-electron chi connectivity index (χ3n) is 2.89. The maximum absolute atomic E-state index is 4.37. The Hall–Kier alpha value is -2.43. The number of nitrogens with one attached hydrogen (secondary N) is 2. The molecule has 0 atom stereocenters. The van der Waals surface area contributed by atoms with Gasteiger partial charge in [-0.05, 0) is 5.56 Å². The Balaban J connectivity index is 2.05. The number of hydrogen-bond acceptors (Lipinski definition) is 3. The highest BCUT2D eigenvalue weighted by atomic mass is 15.1. The van der Waals surface area contributed by atoms with Crippen molar-refractivity contribution in [3.63, 3.8) is 0 Å². The molecule has 3 rings (SSSR count). The zero-order valence-corrected chi connectivity index (χ0v) is 10.1. The molecule has 2 N–H and O–H groups in total. The molecule has 0 aliphatic heterocycles. The first kappa shape index (κ1) is 10.7. The third kappa shape index (κ3) is 1.79. The van der Waals surface area contributed by atoms with Crippen molar-refractivity contribution in [3.05, 3.63) is 48.5 Å². The molecule has 5 nitrogen and oxygen atoms in total. The number of hydrogen-bond donors (Lipinski definition) is 2. The largest absolute Gasteiger partial charge is 0.358 e. The van der Waals surface area contributed by atoms with Gasteiger partial charge in [-0.15, -0.1) is 0 Å². The Kier molecular flexibility index (Phi) is 2.64. The van der Waals surface area contributed by atoms with Gasteiger partial charge in [-0.3, -0.25) is 0 Å². The second-order valence-corrected chi connectivity index (χ2v) is 4.06. The molecule has 90 valence electrons. The highest BCUT2D eigenvalue weighted by Gasteiger charge is 2.15. The third-order valence-corrected chi connectivity index (χ3v) is 2.89. The Morgan fingerprint density at radius 3 is 2.83 bits per heavy atom. The first-order valence-corrected chi connectivity index (χ1v) is 5.81. The minimum Gasteiger partial charge on any atom is -0.358 e. The minimum atomic E-state index is 0.763. The van der Waals surface area contributed by atoms with Gasteiger partial charge in [-0.25, -0.2) is 4.57 Å². The molecule has 1 aromatic carbocycles. The lowest BCUT2D eigenvalue weighted by molar-refractivity contribution is -0.667. The topological polar surface area (TPSA) is 57.5 Å². The summed E-state index contributed by atoms with van der Waals surface area (Å²) >= 11 is 0. The molecular formula is C13H14N5+. The van der Waals surface area contributed by atoms with Crippen molar-refractivity contribution in [2.24, 2.45) is 0 Å². The maximum atomic E-state index is 4.37. The molecule has 0 unspecified atom stereocenters. The van der Waals surface area contributed by atoms with Crippen molar-refractivity contribution in [2.75, 3.05) is 12.4 Å². The second-order valence-electron chi connectivity index (χ2n) is 4.06. The number of imidazole rings is 1. The lowest BCUT2D eigenvalue weighted by Gasteiger charge is -2.02. The van der Waals surface area contributed by atoms with Gasteiger partial charge in [0.1, 0.15) is 0 Å². The zero-order chi connectivity index (χ0) is 12.4. The molecule has 2 heterocycles. The van der Waals surface area contributed by atoms with Crippen molar-refractivity contribution in [3.8, 4) is 0 Å². The van der Waals surface area contributed by atoms with Crippen LogP contribution in [0, 0.1) is 0 Å². The van der Waals surface area contributed by atoms with E-state index in [9.17, 15) is 0 Å². The van der Waals surface area contributed by atoms with Crippen LogP contribution in [0.4, 0.5) is 5.82 Å². The van der Waals surface area contributed by atoms with E-state index in [-0.39, 0.29) is 0 Å². The average Bonchev–Trinajstić information content (AvgIpc) is 2.90. The SMILES string of the molecule is CNc1nc[n+](Cc2ccccc2)c2nc[nH]c12. The van der Waals surface area contributed by atoms with E-state index in [1.165, 1.54) is 5.56 Å². The van der Waals surface area contributed by atoms with Gasteiger partial charge in [-0.2, -0.15) is 0 Å². The van der Waals surface area contributed by atoms with Crippen molar-refractivity contribution in [2.45, 2.75) is 6.54 Å². The summed E-state index contributed by atoms with van der Waals surface area (Å²) in [6.45, 7) is 0.763. The van der Waals surface area contributed by atoms with E-state index in [4.69, 9.17) is 0 Å². The molecule has 2 aromatic heterocycles. The van der Waals surface area contributed by atoms with Crippen LogP contribution < -0.4 is 9.88 Å². The van der Waals surface area contributed by atoms with E-state index in [0.717, 1.165) is 23.5 Å². The number of benzene rings is 1. The Bertz CT molecular complexity index is 659. The number of aromatic amines is 1. The first-order valence-electron chi connectivity index (χ1n) is 5.81. The van der Waals surface area contributed by atoms with Crippen LogP contribution in [0.5, 0.6) is 0 Å². The minimum absolute atomic E-state index is 0.763. The summed E-state index contributed by atoms with van der Waals surface area (Å²) in [5.74, 6) is 0.812. The predicted octanol–water partition coefficient (Wildman–Crippen LogP) is 1.34. The fourth-order valence-electron chi connectivity index (χ4n) is 2.01. The molecule has 0 spiro atoms. The summed E-state index contributed by atoms with van der Waals surface area (Å²) in [5.41, 5.74) is 3.06. The summed E-state index contributed by atoms with van der Waals surface area (Å²) in [4.78, 5) is 11.8. The molecule has 0 aliphatic carbocycles. The molecule has 0 fully saturated rings. The van der Waals surface area contributed by atoms with Gasteiger partial charge in [0.25, 0.3) is 5.65 Å². The predicted molar refractivity (Wildman–Crippen MR) is 69.2 cm³/mol. The first-order chi connectivity index (χ1) is 8.88. The van der Waals surface area contributed by atoms with Crippen LogP contribution in [0.1, 0.15) is 5.56 Å². The highest BCUT2D eigenvalue weighted by molar-refractivity contribution is 5.79. The van der Waals surface area contributed by atoms with E-state index < -0.39 is 0 Å². The normalized spacial score (nSPS) is 10.7. The van der Waals surface area contributed by atoms with E-state index in [1.54, 1.807) is 6.33 Å². The molecule has 0 aliphatic rings. The molecule has 0 saturated heterocycles. The summed E-state index contributed by atoms with van der Waals surface area (Å²) in [6.07, 6.45) is 3.50. The van der Waals surface area contributed by atoms with Crippen LogP contribution in [0.2, 0.25) is 0 Å². The van der Waals surface area contributed by atoms with Gasteiger partial charge in [0, 0.05) is 7.05 Å². The summed E-state index contributed by atoms with van der Waals surface area (Å²) < 4.78 is 2.03. The number of nitrogens with zero attached hydrogens (tertiary/aromatic N) is 3. The van der Waals surface area contributed by atoms with Gasteiger partial charge in [-0.1, -0.05) is 40.3 Å². The monoisotopic (exact) mass is 240 g/mol. The summed E-state index contributed by atoms with van der Waals surface area (Å²) in [5, 5.41) is 3.05. The molecule has 0 saturated carbocycles. The van der Waals surface area contributed by atoms with E-state index in [2.05, 4.69) is 32.4 Å². The van der Waals surface area contributed by atoms with Crippen LogP contribution >= 0.6 is 0 Å². The highest BCUT2D eigenvalue weighted by Crippen LogP contribution is 2.12. The van der Waals surface area contributed by atoms with Crippen LogP contribution in [0.15, 0.2) is 43.0 Å². The quantitative estimate of drug-likeness (QED) is 0.679. The Morgan fingerprint density at radius 2 is 2.06 bits per heavy atom.